The predicted molar refractivity (Wildman–Crippen MR) is 149 cm³/mol. The summed E-state index contributed by atoms with van der Waals surface area (Å²) in [5.41, 5.74) is 6.32. The van der Waals surface area contributed by atoms with Gasteiger partial charge in [-0.3, -0.25) is 0 Å². The van der Waals surface area contributed by atoms with Gasteiger partial charge in [0.15, 0.2) is 0 Å². The van der Waals surface area contributed by atoms with Crippen LogP contribution in [0, 0.1) is 11.8 Å². The molecule has 2 saturated carbocycles. The fourth-order valence-electron chi connectivity index (χ4n) is 8.22. The van der Waals surface area contributed by atoms with E-state index in [0.717, 1.165) is 39.3 Å². The fraction of sp³-hybridized carbons (Fsp3) is 0.469. The maximum absolute atomic E-state index is 14.6. The van der Waals surface area contributed by atoms with E-state index in [9.17, 15) is 27.8 Å². The van der Waals surface area contributed by atoms with E-state index >= 15 is 0 Å². The Hall–Kier alpha value is -3.37. The van der Waals surface area contributed by atoms with Gasteiger partial charge in [0, 0.05) is 60.5 Å². The van der Waals surface area contributed by atoms with E-state index < -0.39 is 48.4 Å². The summed E-state index contributed by atoms with van der Waals surface area (Å²) in [6.45, 7) is 0.408. The zero-order valence-electron chi connectivity index (χ0n) is 22.9. The number of fused-ring (bicyclic) bond motifs is 6. The third-order valence-corrected chi connectivity index (χ3v) is 10.2. The van der Waals surface area contributed by atoms with E-state index in [1.54, 1.807) is 12.5 Å². The number of rotatable bonds is 3. The first-order valence-electron chi connectivity index (χ1n) is 14.7. The van der Waals surface area contributed by atoms with Crippen molar-refractivity contribution >= 4 is 11.4 Å². The summed E-state index contributed by atoms with van der Waals surface area (Å²) in [5, 5.41) is 21.8. The molecule has 220 valence electrons. The second-order valence-corrected chi connectivity index (χ2v) is 12.7. The molecule has 0 spiro atoms. The number of anilines is 1. The smallest absolute Gasteiger partial charge is 0.248 e. The molecule has 3 aliphatic heterocycles. The molecule has 2 fully saturated rings. The molecule has 0 amide bonds. The van der Waals surface area contributed by atoms with Gasteiger partial charge in [-0.15, -0.1) is 0 Å². The van der Waals surface area contributed by atoms with Crippen molar-refractivity contribution in [2.45, 2.75) is 74.7 Å². The number of imidazole rings is 1. The van der Waals surface area contributed by atoms with Gasteiger partial charge in [-0.05, 0) is 36.1 Å². The van der Waals surface area contributed by atoms with Crippen molar-refractivity contribution < 1.29 is 27.8 Å². The zero-order valence-corrected chi connectivity index (χ0v) is 22.9. The van der Waals surface area contributed by atoms with Crippen molar-refractivity contribution in [1.82, 2.24) is 14.5 Å². The average Bonchev–Trinajstić information content (AvgIpc) is 3.71. The van der Waals surface area contributed by atoms with Crippen LogP contribution in [0.1, 0.15) is 67.3 Å². The largest absolute Gasteiger partial charge is 0.393 e. The number of hydrogen-bond acceptors (Lipinski definition) is 5. The number of nitrogens with zero attached hydrogens (tertiary/aromatic N) is 4. The highest BCUT2D eigenvalue weighted by molar-refractivity contribution is 5.79. The Labute approximate surface area is 240 Å². The third kappa shape index (κ3) is 3.94. The standard InChI is InChI=1S/C32H32F4N4O2/c33-31(34)9-7-27(41)23(12-31)29-21-4-2-1-3-19(21)26-15-38(17-40(26)29)18-5-6-20-22(11-18)30(39-16-37-14-25(20)39)24-13-32(35,36)10-8-28(24)42/h1-6,11,14-16,23-24,27-30,41-42H,7-10,12-13,17H2/t23-,24-,27+,28-,29+,30+/m1/s1. The first-order valence-corrected chi connectivity index (χ1v) is 14.7. The summed E-state index contributed by atoms with van der Waals surface area (Å²) in [6.07, 6.45) is 2.47. The Bertz CT molecular complexity index is 1590. The van der Waals surface area contributed by atoms with Gasteiger partial charge in [-0.25, -0.2) is 22.5 Å². The van der Waals surface area contributed by atoms with Crippen LogP contribution >= 0.6 is 0 Å². The van der Waals surface area contributed by atoms with Crippen LogP contribution in [0.25, 0.3) is 17.0 Å². The number of hydrogen-bond donors (Lipinski definition) is 2. The van der Waals surface area contributed by atoms with Gasteiger partial charge in [-0.2, -0.15) is 0 Å². The van der Waals surface area contributed by atoms with Crippen molar-refractivity contribution in [2.75, 3.05) is 11.6 Å². The second kappa shape index (κ2) is 9.07. The third-order valence-electron chi connectivity index (χ3n) is 10.2. The van der Waals surface area contributed by atoms with Gasteiger partial charge < -0.3 is 24.6 Å². The number of aromatic nitrogens is 2. The molecular weight excluding hydrogens is 548 g/mol. The molecule has 6 atom stereocenters. The fourth-order valence-corrected chi connectivity index (χ4v) is 8.22. The number of aliphatic hydroxyl groups excluding tert-OH is 2. The van der Waals surface area contributed by atoms with Crippen molar-refractivity contribution in [3.05, 3.63) is 77.9 Å². The molecule has 0 unspecified atom stereocenters. The van der Waals surface area contributed by atoms with Crippen LogP contribution in [0.5, 0.6) is 0 Å². The summed E-state index contributed by atoms with van der Waals surface area (Å²) >= 11 is 0. The van der Waals surface area contributed by atoms with E-state index in [-0.39, 0.29) is 38.1 Å². The summed E-state index contributed by atoms with van der Waals surface area (Å²) < 4.78 is 60.3. The Balaban J connectivity index is 1.16. The van der Waals surface area contributed by atoms with Crippen molar-refractivity contribution in [1.29, 1.82) is 0 Å². The minimum atomic E-state index is -2.84. The van der Waals surface area contributed by atoms with Crippen molar-refractivity contribution in [3.8, 4) is 11.3 Å². The van der Waals surface area contributed by atoms with Gasteiger partial charge in [0.25, 0.3) is 0 Å². The molecule has 42 heavy (non-hydrogen) atoms. The van der Waals surface area contributed by atoms with Crippen LogP contribution in [0.4, 0.5) is 23.2 Å². The Morgan fingerprint density at radius 3 is 2.24 bits per heavy atom. The molecule has 0 radical (unpaired) electrons. The van der Waals surface area contributed by atoms with Crippen LogP contribution < -0.4 is 4.90 Å². The molecule has 8 rings (SSSR count). The SMILES string of the molecule is O[C@@H]1CCC(F)(F)C[C@H]1[C@@H]1c2cc(N3C=C4c5ccccc5[C@@H]([C@@H]5CC(F)(F)CC[C@@H]5O)N4C3)ccc2-c2cncn21. The van der Waals surface area contributed by atoms with Crippen LogP contribution in [0.3, 0.4) is 0 Å². The Morgan fingerprint density at radius 1 is 0.810 bits per heavy atom. The highest BCUT2D eigenvalue weighted by Gasteiger charge is 2.51. The molecule has 2 aromatic carbocycles. The number of aliphatic hydroxyl groups is 2. The van der Waals surface area contributed by atoms with Gasteiger partial charge >= 0.3 is 0 Å². The Kier molecular flexibility index (Phi) is 5.67. The van der Waals surface area contributed by atoms with E-state index in [0.29, 0.717) is 6.67 Å². The van der Waals surface area contributed by atoms with Crippen molar-refractivity contribution in [2.24, 2.45) is 11.8 Å². The molecule has 6 nitrogen and oxygen atoms in total. The highest BCUT2D eigenvalue weighted by Crippen LogP contribution is 2.54. The topological polar surface area (TPSA) is 64.8 Å². The molecule has 2 N–H and O–H groups in total. The lowest BCUT2D eigenvalue weighted by molar-refractivity contribution is -0.106. The number of halogens is 4. The maximum atomic E-state index is 14.6. The summed E-state index contributed by atoms with van der Waals surface area (Å²) in [4.78, 5) is 8.44. The Morgan fingerprint density at radius 2 is 1.50 bits per heavy atom. The first kappa shape index (κ1) is 26.3. The lowest BCUT2D eigenvalue weighted by Gasteiger charge is -2.40. The van der Waals surface area contributed by atoms with E-state index in [2.05, 4.69) is 14.8 Å². The van der Waals surface area contributed by atoms with Gasteiger partial charge in [0.05, 0.1) is 54.9 Å². The molecule has 2 aliphatic carbocycles. The number of alkyl halides is 4. The second-order valence-electron chi connectivity index (χ2n) is 12.7. The zero-order chi connectivity index (χ0) is 29.0. The van der Waals surface area contributed by atoms with Gasteiger partial charge in [0.1, 0.15) is 0 Å². The molecule has 4 heterocycles. The lowest BCUT2D eigenvalue weighted by atomic mass is 9.77. The average molecular weight is 581 g/mol. The minimum Gasteiger partial charge on any atom is -0.393 e. The molecule has 3 aromatic rings. The molecule has 0 saturated heterocycles. The van der Waals surface area contributed by atoms with Crippen LogP contribution in [0.15, 0.2) is 61.2 Å². The number of benzene rings is 2. The monoisotopic (exact) mass is 580 g/mol. The first-order chi connectivity index (χ1) is 20.1. The summed E-state index contributed by atoms with van der Waals surface area (Å²) in [7, 11) is 0. The van der Waals surface area contributed by atoms with Crippen LogP contribution in [-0.2, 0) is 0 Å². The lowest BCUT2D eigenvalue weighted by Crippen LogP contribution is -2.43. The molecule has 10 heteroatoms. The molecular formula is C32H32F4N4O2. The molecule has 0 bridgehead atoms. The minimum absolute atomic E-state index is 0.0489. The van der Waals surface area contributed by atoms with E-state index in [4.69, 9.17) is 0 Å². The summed E-state index contributed by atoms with van der Waals surface area (Å²) in [5.74, 6) is -6.93. The van der Waals surface area contributed by atoms with E-state index in [1.807, 2.05) is 53.2 Å². The van der Waals surface area contributed by atoms with Gasteiger partial charge in [0.2, 0.25) is 11.8 Å². The summed E-state index contributed by atoms with van der Waals surface area (Å²) in [6, 6.07) is 12.9. The highest BCUT2D eigenvalue weighted by atomic mass is 19.3. The normalized spacial score (nSPS) is 32.3. The predicted octanol–water partition coefficient (Wildman–Crippen LogP) is 6.18. The van der Waals surface area contributed by atoms with Crippen LogP contribution in [0.2, 0.25) is 0 Å². The molecule has 1 aromatic heterocycles. The van der Waals surface area contributed by atoms with Gasteiger partial charge in [-0.1, -0.05) is 30.3 Å². The van der Waals surface area contributed by atoms with E-state index in [1.165, 1.54) is 0 Å². The van der Waals surface area contributed by atoms with Crippen molar-refractivity contribution in [3.63, 3.8) is 0 Å². The maximum Gasteiger partial charge on any atom is 0.248 e. The van der Waals surface area contributed by atoms with Crippen LogP contribution in [-0.4, -0.2) is 55.4 Å². The molecule has 5 aliphatic rings. The quantitative estimate of drug-likeness (QED) is 0.363.